The van der Waals surface area contributed by atoms with Crippen LogP contribution < -0.4 is 0 Å². The number of rotatable bonds is 12. The Morgan fingerprint density at radius 3 is 1.95 bits per heavy atom. The summed E-state index contributed by atoms with van der Waals surface area (Å²) in [7, 11) is 24.4. The minimum absolute atomic E-state index is 0. The molecule has 3 N–H and O–H groups in total. The SMILES string of the molecule is CC1=C2C(OP(P(P)P)P(PP)P(P)P)C(=O)[C@]3(C)C(OP(P(P)P)P(P)P)CC4OC[C@@]4(O)C3C(OC(=O)c3ccccc3)C(O)(CC1O)C2(C)C.II.[Ac]. The Hall–Kier alpha value is 8.07. The molecule has 1 heterocycles. The summed E-state index contributed by atoms with van der Waals surface area (Å²) in [6, 6.07) is 8.52. The van der Waals surface area contributed by atoms with Gasteiger partial charge in [0.1, 0.15) is 23.4 Å². The van der Waals surface area contributed by atoms with Crippen molar-refractivity contribution in [1.82, 2.24) is 0 Å². The van der Waals surface area contributed by atoms with Crippen LogP contribution in [0.25, 0.3) is 0 Å². The molecule has 1 radical (unpaired) electrons. The molecule has 0 aromatic heterocycles. The topological polar surface area (TPSA) is 132 Å². The van der Waals surface area contributed by atoms with Crippen molar-refractivity contribution < 1.29 is 87.5 Å². The van der Waals surface area contributed by atoms with Crippen LogP contribution in [0, 0.1) is 60.8 Å². The summed E-state index contributed by atoms with van der Waals surface area (Å²) >= 11 is 4.24. The second kappa shape index (κ2) is 24.8. The predicted molar refractivity (Wildman–Crippen MR) is 296 cm³/mol. The normalized spacial score (nSPS) is 34.9. The summed E-state index contributed by atoms with van der Waals surface area (Å²) in [6.07, 6.45) is -5.25. The average Bonchev–Trinajstić information content (AvgIpc) is 3.11. The number of halogens is 2. The van der Waals surface area contributed by atoms with Crippen molar-refractivity contribution in [3.63, 3.8) is 0 Å². The second-order valence-corrected chi connectivity index (χ2v) is 72.3. The molecule has 4 aliphatic rings. The first-order valence-corrected chi connectivity index (χ1v) is 52.0. The fourth-order valence-electron chi connectivity index (χ4n) is 8.30. The van der Waals surface area contributed by atoms with Crippen molar-refractivity contribution in [2.24, 2.45) is 16.7 Å². The summed E-state index contributed by atoms with van der Waals surface area (Å²) in [4.78, 5) is 30.4. The van der Waals surface area contributed by atoms with E-state index in [1.165, 1.54) is 0 Å². The molecular formula is C27H51AcI2O9P17. The van der Waals surface area contributed by atoms with Gasteiger partial charge >= 0.3 is 5.97 Å². The number of fused-ring (bicyclic) bond motifs is 5. The molecular weight excluding hydrogens is 1480 g/mol. The second-order valence-electron chi connectivity index (χ2n) is 14.2. The number of ether oxygens (including phenoxy) is 2. The van der Waals surface area contributed by atoms with Crippen LogP contribution in [-0.4, -0.2) is 75.4 Å². The van der Waals surface area contributed by atoms with Crippen LogP contribution in [0.1, 0.15) is 50.9 Å². The van der Waals surface area contributed by atoms with Crippen LogP contribution in [0.5, 0.6) is 0 Å². The number of Topliss-reactive ketones (excluding diaryl/α,β-unsaturated/α-hetero) is 1. The Bertz CT molecular complexity index is 1570. The van der Waals surface area contributed by atoms with Crippen LogP contribution in [-0.2, 0) is 23.3 Å². The van der Waals surface area contributed by atoms with Crippen molar-refractivity contribution in [2.45, 2.75) is 82.3 Å². The summed E-state index contributed by atoms with van der Waals surface area (Å²) in [5, 5.41) is 38.2. The predicted octanol–water partition coefficient (Wildman–Crippen LogP) is 12.8. The van der Waals surface area contributed by atoms with E-state index in [-0.39, 0.29) is 74.9 Å². The van der Waals surface area contributed by atoms with Gasteiger partial charge in [-0.2, -0.15) is 0 Å². The van der Waals surface area contributed by atoms with Gasteiger partial charge in [0.25, 0.3) is 0 Å². The zero-order valence-electron chi connectivity index (χ0n) is 30.9. The number of hydrogen-bond donors (Lipinski definition) is 3. The number of ketones is 1. The van der Waals surface area contributed by atoms with E-state index in [1.54, 1.807) is 30.3 Å². The van der Waals surface area contributed by atoms with E-state index in [0.29, 0.717) is 19.1 Å². The largest absolute Gasteiger partial charge is 0.455 e. The fourth-order valence-corrected chi connectivity index (χ4v) is 107. The molecule has 1 aliphatic heterocycles. The summed E-state index contributed by atoms with van der Waals surface area (Å²) < 4.78 is 27.0. The number of esters is 1. The number of aliphatic hydroxyl groups excluding tert-OH is 1. The number of carbonyl (C=O) groups is 2. The third-order valence-electron chi connectivity index (χ3n) is 11.1. The molecule has 2 saturated carbocycles. The van der Waals surface area contributed by atoms with Crippen LogP contribution >= 0.6 is 176 Å². The zero-order valence-corrected chi connectivity index (χ0v) is 57.6. The molecule has 29 heteroatoms. The van der Waals surface area contributed by atoms with E-state index in [2.05, 4.69) is 118 Å². The average molecular weight is 1530 g/mol. The monoisotopic (exact) mass is 1530 g/mol. The van der Waals surface area contributed by atoms with Crippen LogP contribution in [0.15, 0.2) is 41.5 Å². The van der Waals surface area contributed by atoms with Gasteiger partial charge in [-0.15, -0.1) is 80.4 Å². The third-order valence-corrected chi connectivity index (χ3v) is 80.7. The standard InChI is InChI=1S/C27H51O9P17.Ac.I2/c1-13-15(28)11-27(32)22(34-23(30)14-8-6-5-7-9-14)20-25(4,16(10-17-26(20,31)12-33-17)35-47(49(38)39)50(40)41)21(29)19(18(13)24(27,2)3)36-48(51(42)43)53(46-37)52(44)45;;1-2/h5-9,15-17,19-20,22,28,31-32,46H,10-12,37-45H2,1-4H3;;/t15?,16?,17?,19?,20?,22?,25-,26+,27?,48?,53?;;/m1../s1. The van der Waals surface area contributed by atoms with Crippen LogP contribution in [0.2, 0.25) is 0 Å². The van der Waals surface area contributed by atoms with Gasteiger partial charge in [-0.3, -0.25) is 4.79 Å². The number of benzene rings is 1. The van der Waals surface area contributed by atoms with Crippen molar-refractivity contribution in [1.29, 1.82) is 0 Å². The number of carbonyl (C=O) groups excluding carboxylic acids is 2. The van der Waals surface area contributed by atoms with Crippen molar-refractivity contribution in [3.8, 4) is 0 Å². The molecule has 1 aromatic carbocycles. The molecule has 2 bridgehead atoms. The summed E-state index contributed by atoms with van der Waals surface area (Å²) in [5.41, 5.74) is -5.09. The number of aliphatic hydroxyl groups is 3. The van der Waals surface area contributed by atoms with Gasteiger partial charge in [0, 0.05) is 112 Å². The van der Waals surface area contributed by atoms with E-state index < -0.39 is 114 Å². The first kappa shape index (κ1) is 58.4. The van der Waals surface area contributed by atoms with Gasteiger partial charge in [0.15, 0.2) is 5.78 Å². The Kier molecular flexibility index (Phi) is 25.8. The smallest absolute Gasteiger partial charge is 0.338 e. The Labute approximate surface area is 421 Å². The summed E-state index contributed by atoms with van der Waals surface area (Å²) in [5.74, 6) is -2.18. The number of hydrogen-bond acceptors (Lipinski definition) is 9. The molecule has 21 atom stereocenters. The molecule has 1 aromatic rings. The molecule has 0 amide bonds. The van der Waals surface area contributed by atoms with Crippen molar-refractivity contribution in [2.75, 3.05) is 6.61 Å². The van der Waals surface area contributed by atoms with E-state index in [1.807, 2.05) is 27.7 Å². The maximum atomic E-state index is 16.2. The first-order chi connectivity index (χ1) is 25.6. The van der Waals surface area contributed by atoms with E-state index >= 15 is 4.79 Å². The van der Waals surface area contributed by atoms with Gasteiger partial charge in [-0.1, -0.05) is 40.0 Å². The van der Waals surface area contributed by atoms with Gasteiger partial charge in [-0.25, -0.2) is 4.79 Å². The van der Waals surface area contributed by atoms with Gasteiger partial charge in [-0.05, 0) is 65.1 Å². The van der Waals surface area contributed by atoms with Gasteiger partial charge in [0.2, 0.25) is 0 Å². The first-order valence-electron chi connectivity index (χ1n) is 16.4. The Morgan fingerprint density at radius 2 is 1.48 bits per heavy atom. The van der Waals surface area contributed by atoms with E-state index in [9.17, 15) is 20.1 Å². The molecule has 1 saturated heterocycles. The van der Waals surface area contributed by atoms with Gasteiger partial charge < -0.3 is 33.8 Å². The maximum absolute atomic E-state index is 16.2. The quantitative estimate of drug-likeness (QED) is 0.0810. The molecule has 19 unspecified atom stereocenters. The molecule has 3 fully saturated rings. The van der Waals surface area contributed by atoms with Crippen LogP contribution in [0.4, 0.5) is 0 Å². The van der Waals surface area contributed by atoms with Crippen LogP contribution in [0.3, 0.4) is 0 Å². The molecule has 9 nitrogen and oxygen atoms in total. The fraction of sp³-hybridized carbons (Fsp3) is 0.630. The van der Waals surface area contributed by atoms with Gasteiger partial charge in [0.05, 0.1) is 50.9 Å². The van der Waals surface area contributed by atoms with E-state index in [4.69, 9.17) is 18.5 Å². The molecule has 0 spiro atoms. The zero-order chi connectivity index (χ0) is 41.6. The van der Waals surface area contributed by atoms with E-state index in [0.717, 1.165) is 0 Å². The minimum Gasteiger partial charge on any atom is -0.455 e. The third kappa shape index (κ3) is 11.8. The Balaban J connectivity index is 0.00000276. The molecule has 5 rings (SSSR count). The minimum atomic E-state index is -1.96. The summed E-state index contributed by atoms with van der Waals surface area (Å²) in [6.45, 7) is 3.70. The van der Waals surface area contributed by atoms with Crippen molar-refractivity contribution >= 4 is 187 Å². The maximum Gasteiger partial charge on any atom is 0.338 e. The van der Waals surface area contributed by atoms with Crippen molar-refractivity contribution in [3.05, 3.63) is 47.0 Å². The Morgan fingerprint density at radius 1 is 0.929 bits per heavy atom. The molecule has 315 valence electrons. The molecule has 56 heavy (non-hydrogen) atoms. The molecule has 3 aliphatic carbocycles.